The Morgan fingerprint density at radius 3 is 2.51 bits per heavy atom. The standard InChI is InChI=1S/C25H22ClF3N4O2/c1-16(18-6-8-19(26)9-7-18)31-23(34)13-12-22-32-21-3-2-14-30-24(21)33(22)15-17-4-10-20(11-5-17)35-25(27,28)29/h2-11,14,16H,12-13,15H2,1H3,(H,31,34)/t16-/m1/s1. The quantitative estimate of drug-likeness (QED) is 0.328. The number of rotatable bonds is 8. The van der Waals surface area contributed by atoms with E-state index >= 15 is 0 Å². The van der Waals surface area contributed by atoms with Crippen molar-refractivity contribution in [1.82, 2.24) is 19.9 Å². The number of carbonyl (C=O) groups excluding carboxylic acids is 1. The topological polar surface area (TPSA) is 69.0 Å². The van der Waals surface area contributed by atoms with E-state index < -0.39 is 6.36 Å². The maximum atomic E-state index is 12.6. The van der Waals surface area contributed by atoms with Crippen LogP contribution in [-0.2, 0) is 17.8 Å². The molecule has 10 heteroatoms. The van der Waals surface area contributed by atoms with Gasteiger partial charge >= 0.3 is 6.36 Å². The molecule has 2 aromatic heterocycles. The highest BCUT2D eigenvalue weighted by atomic mass is 35.5. The van der Waals surface area contributed by atoms with Crippen LogP contribution in [0.1, 0.15) is 36.3 Å². The van der Waals surface area contributed by atoms with Crippen molar-refractivity contribution < 1.29 is 22.7 Å². The van der Waals surface area contributed by atoms with Gasteiger partial charge in [0.1, 0.15) is 17.1 Å². The van der Waals surface area contributed by atoms with Crippen LogP contribution in [-0.4, -0.2) is 26.8 Å². The fourth-order valence-corrected chi connectivity index (χ4v) is 3.84. The summed E-state index contributed by atoms with van der Waals surface area (Å²) in [5, 5.41) is 3.60. The largest absolute Gasteiger partial charge is 0.573 e. The van der Waals surface area contributed by atoms with Gasteiger partial charge in [-0.3, -0.25) is 4.79 Å². The van der Waals surface area contributed by atoms with Crippen molar-refractivity contribution in [3.63, 3.8) is 0 Å². The average molecular weight is 503 g/mol. The number of fused-ring (bicyclic) bond motifs is 1. The Bertz CT molecular complexity index is 1310. The monoisotopic (exact) mass is 502 g/mol. The van der Waals surface area contributed by atoms with Gasteiger partial charge in [-0.1, -0.05) is 35.9 Å². The number of aromatic nitrogens is 3. The summed E-state index contributed by atoms with van der Waals surface area (Å²) in [4.78, 5) is 21.6. The second kappa shape index (κ2) is 10.4. The zero-order valence-corrected chi connectivity index (χ0v) is 19.5. The minimum absolute atomic E-state index is 0.132. The van der Waals surface area contributed by atoms with Crippen LogP contribution < -0.4 is 10.1 Å². The zero-order chi connectivity index (χ0) is 25.0. The number of hydrogen-bond donors (Lipinski definition) is 1. The minimum atomic E-state index is -4.75. The lowest BCUT2D eigenvalue weighted by atomic mass is 10.1. The molecule has 0 aliphatic heterocycles. The van der Waals surface area contributed by atoms with Crippen LogP contribution in [0.5, 0.6) is 5.75 Å². The molecule has 35 heavy (non-hydrogen) atoms. The van der Waals surface area contributed by atoms with Crippen molar-refractivity contribution in [3.8, 4) is 5.75 Å². The highest BCUT2D eigenvalue weighted by molar-refractivity contribution is 6.30. The second-order valence-electron chi connectivity index (χ2n) is 7.99. The molecular formula is C25H22ClF3N4O2. The summed E-state index contributed by atoms with van der Waals surface area (Å²) in [5.74, 6) is 0.234. The van der Waals surface area contributed by atoms with Gasteiger partial charge in [0.15, 0.2) is 5.65 Å². The molecule has 0 saturated carbocycles. The van der Waals surface area contributed by atoms with E-state index in [4.69, 9.17) is 11.6 Å². The molecule has 1 amide bonds. The molecule has 0 aliphatic carbocycles. The number of aryl methyl sites for hydroxylation is 1. The van der Waals surface area contributed by atoms with E-state index in [0.29, 0.717) is 35.0 Å². The average Bonchev–Trinajstić information content (AvgIpc) is 3.16. The number of benzene rings is 2. The number of carbonyl (C=O) groups is 1. The van der Waals surface area contributed by atoms with Gasteiger partial charge in [-0.2, -0.15) is 0 Å². The lowest BCUT2D eigenvalue weighted by Gasteiger charge is -2.15. The maximum Gasteiger partial charge on any atom is 0.573 e. The number of pyridine rings is 1. The Balaban J connectivity index is 1.46. The maximum absolute atomic E-state index is 12.6. The summed E-state index contributed by atoms with van der Waals surface area (Å²) in [5.41, 5.74) is 2.99. The number of hydrogen-bond acceptors (Lipinski definition) is 4. The Morgan fingerprint density at radius 2 is 1.83 bits per heavy atom. The molecule has 182 valence electrons. The summed E-state index contributed by atoms with van der Waals surface area (Å²) < 4.78 is 43.1. The van der Waals surface area contributed by atoms with E-state index in [1.807, 2.05) is 29.7 Å². The normalized spacial score (nSPS) is 12.5. The number of ether oxygens (including phenoxy) is 1. The van der Waals surface area contributed by atoms with Crippen molar-refractivity contribution in [2.75, 3.05) is 0 Å². The number of imidazole rings is 1. The summed E-state index contributed by atoms with van der Waals surface area (Å²) in [6.07, 6.45) is -2.53. The molecule has 1 atom stereocenters. The van der Waals surface area contributed by atoms with Gasteiger partial charge in [-0.25, -0.2) is 9.97 Å². The predicted molar refractivity (Wildman–Crippen MR) is 126 cm³/mol. The van der Waals surface area contributed by atoms with E-state index in [9.17, 15) is 18.0 Å². The molecule has 0 spiro atoms. The first-order valence-electron chi connectivity index (χ1n) is 10.9. The summed E-state index contributed by atoms with van der Waals surface area (Å²) in [6, 6.07) is 16.3. The Morgan fingerprint density at radius 1 is 1.11 bits per heavy atom. The van der Waals surface area contributed by atoms with Crippen LogP contribution in [0.2, 0.25) is 5.02 Å². The van der Waals surface area contributed by atoms with Crippen molar-refractivity contribution in [3.05, 3.63) is 88.8 Å². The van der Waals surface area contributed by atoms with E-state index in [-0.39, 0.29) is 24.1 Å². The van der Waals surface area contributed by atoms with Crippen LogP contribution in [0.4, 0.5) is 13.2 Å². The first-order chi connectivity index (χ1) is 16.7. The number of amides is 1. The number of alkyl halides is 3. The lowest BCUT2D eigenvalue weighted by Crippen LogP contribution is -2.27. The molecule has 0 fully saturated rings. The number of halogens is 4. The molecule has 4 aromatic rings. The van der Waals surface area contributed by atoms with Crippen molar-refractivity contribution in [1.29, 1.82) is 0 Å². The molecule has 0 bridgehead atoms. The van der Waals surface area contributed by atoms with E-state index in [1.165, 1.54) is 12.1 Å². The minimum Gasteiger partial charge on any atom is -0.406 e. The highest BCUT2D eigenvalue weighted by Crippen LogP contribution is 2.24. The van der Waals surface area contributed by atoms with Crippen LogP contribution in [0.25, 0.3) is 11.2 Å². The fraction of sp³-hybridized carbons (Fsp3) is 0.240. The van der Waals surface area contributed by atoms with Gasteiger partial charge in [0, 0.05) is 24.1 Å². The van der Waals surface area contributed by atoms with Gasteiger partial charge in [-0.15, -0.1) is 13.2 Å². The molecule has 0 radical (unpaired) electrons. The van der Waals surface area contributed by atoms with Gasteiger partial charge in [0.05, 0.1) is 12.6 Å². The summed E-state index contributed by atoms with van der Waals surface area (Å²) in [6.45, 7) is 2.23. The molecule has 1 N–H and O–H groups in total. The molecule has 4 rings (SSSR count). The predicted octanol–water partition coefficient (Wildman–Crippen LogP) is 5.84. The molecule has 0 saturated heterocycles. The Labute approximate surface area is 204 Å². The van der Waals surface area contributed by atoms with Crippen LogP contribution >= 0.6 is 11.6 Å². The smallest absolute Gasteiger partial charge is 0.406 e. The van der Waals surface area contributed by atoms with E-state index in [2.05, 4.69) is 20.0 Å². The summed E-state index contributed by atoms with van der Waals surface area (Å²) in [7, 11) is 0. The van der Waals surface area contributed by atoms with Crippen LogP contribution in [0, 0.1) is 0 Å². The molecular weight excluding hydrogens is 481 g/mol. The van der Waals surface area contributed by atoms with Gasteiger partial charge in [0.25, 0.3) is 0 Å². The third-order valence-electron chi connectivity index (χ3n) is 5.40. The van der Waals surface area contributed by atoms with Gasteiger partial charge in [0.2, 0.25) is 5.91 Å². The lowest BCUT2D eigenvalue weighted by molar-refractivity contribution is -0.274. The van der Waals surface area contributed by atoms with Gasteiger partial charge < -0.3 is 14.6 Å². The van der Waals surface area contributed by atoms with E-state index in [0.717, 1.165) is 11.1 Å². The Kier molecular flexibility index (Phi) is 7.25. The third kappa shape index (κ3) is 6.51. The molecule has 0 unspecified atom stereocenters. The van der Waals surface area contributed by atoms with E-state index in [1.54, 1.807) is 36.5 Å². The molecule has 0 aliphatic rings. The van der Waals surface area contributed by atoms with Crippen molar-refractivity contribution >= 4 is 28.7 Å². The Hall–Kier alpha value is -3.59. The highest BCUT2D eigenvalue weighted by Gasteiger charge is 2.31. The first-order valence-corrected chi connectivity index (χ1v) is 11.3. The van der Waals surface area contributed by atoms with Gasteiger partial charge in [-0.05, 0) is 54.4 Å². The van der Waals surface area contributed by atoms with Crippen molar-refractivity contribution in [2.24, 2.45) is 0 Å². The number of nitrogens with one attached hydrogen (secondary N) is 1. The van der Waals surface area contributed by atoms with Crippen LogP contribution in [0.15, 0.2) is 66.9 Å². The first kappa shape index (κ1) is 24.5. The summed E-state index contributed by atoms with van der Waals surface area (Å²) >= 11 is 5.93. The third-order valence-corrected chi connectivity index (χ3v) is 5.66. The SMILES string of the molecule is C[C@@H](NC(=O)CCc1nc2cccnc2n1Cc1ccc(OC(F)(F)F)cc1)c1ccc(Cl)cc1. The number of nitrogens with zero attached hydrogens (tertiary/aromatic N) is 3. The molecule has 6 nitrogen and oxygen atoms in total. The zero-order valence-electron chi connectivity index (χ0n) is 18.7. The molecule has 2 heterocycles. The second-order valence-corrected chi connectivity index (χ2v) is 8.43. The van der Waals surface area contributed by atoms with Crippen LogP contribution in [0.3, 0.4) is 0 Å². The van der Waals surface area contributed by atoms with Crippen molar-refractivity contribution in [2.45, 2.75) is 38.7 Å². The fourth-order valence-electron chi connectivity index (χ4n) is 3.72. The molecule has 2 aromatic carbocycles.